The lowest BCUT2D eigenvalue weighted by atomic mass is 10.2. The molecule has 0 radical (unpaired) electrons. The molecule has 0 saturated carbocycles. The van der Waals surface area contributed by atoms with Gasteiger partial charge in [-0.3, -0.25) is 4.79 Å². The number of rotatable bonds is 3. The van der Waals surface area contributed by atoms with Gasteiger partial charge in [0.15, 0.2) is 0 Å². The van der Waals surface area contributed by atoms with Gasteiger partial charge in [0.05, 0.1) is 5.69 Å². The molecule has 98 valence electrons. The van der Waals surface area contributed by atoms with Gasteiger partial charge in [-0.15, -0.1) is 0 Å². The van der Waals surface area contributed by atoms with Gasteiger partial charge in [0, 0.05) is 0 Å². The van der Waals surface area contributed by atoms with Crippen molar-refractivity contribution in [2.45, 2.75) is 6.92 Å². The second-order valence-electron chi connectivity index (χ2n) is 3.58. The Morgan fingerprint density at radius 2 is 2.16 bits per heavy atom. The SMILES string of the molecule is Cc1nsc(NC(=O)c2cccc(F)n2)c1C(=O)O. The number of halogens is 1. The lowest BCUT2D eigenvalue weighted by molar-refractivity contribution is 0.0697. The summed E-state index contributed by atoms with van der Waals surface area (Å²) in [4.78, 5) is 26.2. The molecule has 0 aliphatic carbocycles. The van der Waals surface area contributed by atoms with Crippen LogP contribution in [0.15, 0.2) is 18.2 Å². The number of aromatic nitrogens is 2. The third-order valence-electron chi connectivity index (χ3n) is 2.25. The fraction of sp³-hybridized carbons (Fsp3) is 0.0909. The molecule has 2 N–H and O–H groups in total. The molecule has 0 unspecified atom stereocenters. The summed E-state index contributed by atoms with van der Waals surface area (Å²) in [6.45, 7) is 1.52. The standard InChI is InChI=1S/C11H8FN3O3S/c1-5-8(11(17)18)10(19-15-5)14-9(16)6-3-2-4-7(12)13-6/h2-4H,1H3,(H,14,16)(H,17,18). The van der Waals surface area contributed by atoms with E-state index in [1.807, 2.05) is 0 Å². The predicted octanol–water partition coefficient (Wildman–Crippen LogP) is 1.94. The number of aromatic carboxylic acids is 1. The second-order valence-corrected chi connectivity index (χ2v) is 4.35. The molecule has 19 heavy (non-hydrogen) atoms. The molecule has 0 saturated heterocycles. The van der Waals surface area contributed by atoms with Crippen LogP contribution in [-0.4, -0.2) is 26.3 Å². The van der Waals surface area contributed by atoms with Crippen molar-refractivity contribution in [2.24, 2.45) is 0 Å². The minimum Gasteiger partial charge on any atom is -0.478 e. The lowest BCUT2D eigenvalue weighted by Crippen LogP contribution is -2.15. The molecule has 0 bridgehead atoms. The van der Waals surface area contributed by atoms with Crippen LogP contribution >= 0.6 is 11.5 Å². The third kappa shape index (κ3) is 2.74. The first-order valence-corrected chi connectivity index (χ1v) is 5.90. The minimum atomic E-state index is -1.19. The summed E-state index contributed by atoms with van der Waals surface area (Å²) in [5.41, 5.74) is 0.0946. The van der Waals surface area contributed by atoms with Crippen LogP contribution in [0.3, 0.4) is 0 Å². The number of nitrogens with zero attached hydrogens (tertiary/aromatic N) is 2. The third-order valence-corrected chi connectivity index (χ3v) is 3.11. The molecule has 0 aliphatic rings. The molecular formula is C11H8FN3O3S. The Kier molecular flexibility index (Phi) is 3.52. The van der Waals surface area contributed by atoms with E-state index in [1.165, 1.54) is 19.1 Å². The van der Waals surface area contributed by atoms with E-state index < -0.39 is 17.8 Å². The summed E-state index contributed by atoms with van der Waals surface area (Å²) in [7, 11) is 0. The fourth-order valence-corrected chi connectivity index (χ4v) is 2.19. The maximum Gasteiger partial charge on any atom is 0.340 e. The predicted molar refractivity (Wildman–Crippen MR) is 66.0 cm³/mol. The Bertz CT molecular complexity index is 656. The normalized spacial score (nSPS) is 10.2. The summed E-state index contributed by atoms with van der Waals surface area (Å²) in [6, 6.07) is 3.77. The van der Waals surface area contributed by atoms with Crippen LogP contribution in [0, 0.1) is 12.9 Å². The van der Waals surface area contributed by atoms with E-state index in [2.05, 4.69) is 14.7 Å². The molecule has 0 aromatic carbocycles. The van der Waals surface area contributed by atoms with E-state index in [0.717, 1.165) is 17.6 Å². The first kappa shape index (κ1) is 13.1. The van der Waals surface area contributed by atoms with E-state index in [1.54, 1.807) is 0 Å². The van der Waals surface area contributed by atoms with Crippen molar-refractivity contribution >= 4 is 28.4 Å². The number of hydrogen-bond donors (Lipinski definition) is 2. The molecule has 0 aliphatic heterocycles. The van der Waals surface area contributed by atoms with Crippen LogP contribution in [0.25, 0.3) is 0 Å². The Morgan fingerprint density at radius 1 is 1.42 bits per heavy atom. The van der Waals surface area contributed by atoms with Gasteiger partial charge in [0.2, 0.25) is 5.95 Å². The number of nitrogens with one attached hydrogen (secondary N) is 1. The zero-order chi connectivity index (χ0) is 14.0. The highest BCUT2D eigenvalue weighted by Gasteiger charge is 2.20. The van der Waals surface area contributed by atoms with Gasteiger partial charge in [0.1, 0.15) is 16.3 Å². The van der Waals surface area contributed by atoms with Crippen molar-refractivity contribution in [3.05, 3.63) is 41.1 Å². The van der Waals surface area contributed by atoms with Gasteiger partial charge in [-0.05, 0) is 30.6 Å². The molecule has 0 fully saturated rings. The van der Waals surface area contributed by atoms with E-state index >= 15 is 0 Å². The van der Waals surface area contributed by atoms with E-state index in [4.69, 9.17) is 5.11 Å². The molecule has 0 spiro atoms. The Balaban J connectivity index is 2.27. The maximum absolute atomic E-state index is 12.9. The largest absolute Gasteiger partial charge is 0.478 e. The Hall–Kier alpha value is -2.35. The average molecular weight is 281 g/mol. The number of amides is 1. The molecule has 1 amide bonds. The summed E-state index contributed by atoms with van der Waals surface area (Å²) >= 11 is 0.847. The number of hydrogen-bond acceptors (Lipinski definition) is 5. The highest BCUT2D eigenvalue weighted by atomic mass is 32.1. The number of carboxylic acid groups (broad SMARTS) is 1. The first-order valence-electron chi connectivity index (χ1n) is 5.12. The van der Waals surface area contributed by atoms with Gasteiger partial charge in [0.25, 0.3) is 5.91 Å². The summed E-state index contributed by atoms with van der Waals surface area (Å²) < 4.78 is 16.7. The molecule has 2 aromatic rings. The number of carbonyl (C=O) groups is 2. The first-order chi connectivity index (χ1) is 8.99. The molecule has 8 heteroatoms. The highest BCUT2D eigenvalue weighted by molar-refractivity contribution is 7.11. The fourth-order valence-electron chi connectivity index (χ4n) is 1.41. The summed E-state index contributed by atoms with van der Waals surface area (Å²) in [5.74, 6) is -2.66. The minimum absolute atomic E-state index is 0.0743. The molecule has 2 heterocycles. The van der Waals surface area contributed by atoms with Crippen molar-refractivity contribution in [1.82, 2.24) is 9.36 Å². The molecule has 6 nitrogen and oxygen atoms in total. The highest BCUT2D eigenvalue weighted by Crippen LogP contribution is 2.24. The Labute approximate surface area is 111 Å². The van der Waals surface area contributed by atoms with Crippen molar-refractivity contribution in [3.8, 4) is 0 Å². The van der Waals surface area contributed by atoms with Crippen LogP contribution in [0.5, 0.6) is 0 Å². The van der Waals surface area contributed by atoms with Crippen molar-refractivity contribution in [2.75, 3.05) is 5.32 Å². The number of aryl methyl sites for hydroxylation is 1. The lowest BCUT2D eigenvalue weighted by Gasteiger charge is -2.03. The molecule has 2 aromatic heterocycles. The van der Waals surface area contributed by atoms with E-state index in [-0.39, 0.29) is 16.3 Å². The van der Waals surface area contributed by atoms with Crippen LogP contribution in [-0.2, 0) is 0 Å². The van der Waals surface area contributed by atoms with Crippen LogP contribution in [0.4, 0.5) is 9.39 Å². The number of carboxylic acids is 1. The smallest absolute Gasteiger partial charge is 0.340 e. The summed E-state index contributed by atoms with van der Waals surface area (Å²) in [5, 5.41) is 11.5. The second kappa shape index (κ2) is 5.11. The average Bonchev–Trinajstić information content (AvgIpc) is 2.70. The topological polar surface area (TPSA) is 92.2 Å². The molecule has 0 atom stereocenters. The zero-order valence-corrected chi connectivity index (χ0v) is 10.5. The quantitative estimate of drug-likeness (QED) is 0.839. The van der Waals surface area contributed by atoms with Crippen LogP contribution < -0.4 is 5.32 Å². The van der Waals surface area contributed by atoms with Crippen molar-refractivity contribution in [1.29, 1.82) is 0 Å². The van der Waals surface area contributed by atoms with Gasteiger partial charge >= 0.3 is 5.97 Å². The van der Waals surface area contributed by atoms with Crippen molar-refractivity contribution < 1.29 is 19.1 Å². The zero-order valence-electron chi connectivity index (χ0n) is 9.68. The maximum atomic E-state index is 12.9. The van der Waals surface area contributed by atoms with E-state index in [0.29, 0.717) is 5.69 Å². The van der Waals surface area contributed by atoms with Crippen molar-refractivity contribution in [3.63, 3.8) is 0 Å². The van der Waals surface area contributed by atoms with E-state index in [9.17, 15) is 14.0 Å². The number of anilines is 1. The number of carbonyl (C=O) groups excluding carboxylic acids is 1. The van der Waals surface area contributed by atoms with Gasteiger partial charge in [-0.2, -0.15) is 8.76 Å². The van der Waals surface area contributed by atoms with Gasteiger partial charge in [-0.25, -0.2) is 9.78 Å². The summed E-state index contributed by atoms with van der Waals surface area (Å²) in [6.07, 6.45) is 0. The number of pyridine rings is 1. The van der Waals surface area contributed by atoms with Gasteiger partial charge in [-0.1, -0.05) is 6.07 Å². The van der Waals surface area contributed by atoms with Gasteiger partial charge < -0.3 is 10.4 Å². The monoisotopic (exact) mass is 281 g/mol. The Morgan fingerprint density at radius 3 is 2.79 bits per heavy atom. The van der Waals surface area contributed by atoms with Crippen LogP contribution in [0.2, 0.25) is 0 Å². The molecular weight excluding hydrogens is 273 g/mol. The van der Waals surface area contributed by atoms with Crippen LogP contribution in [0.1, 0.15) is 26.5 Å². The molecule has 2 rings (SSSR count).